The van der Waals surface area contributed by atoms with Crippen molar-refractivity contribution in [3.05, 3.63) is 59.1 Å². The van der Waals surface area contributed by atoms with E-state index in [0.29, 0.717) is 16.0 Å². The fourth-order valence-corrected chi connectivity index (χ4v) is 3.05. The first-order valence-corrected chi connectivity index (χ1v) is 9.00. The van der Waals surface area contributed by atoms with Crippen molar-refractivity contribution in [2.24, 2.45) is 0 Å². The Bertz CT molecular complexity index is 879. The first kappa shape index (κ1) is 17.5. The number of benzene rings is 2. The monoisotopic (exact) mass is 372 g/mol. The largest absolute Gasteiger partial charge is 0.325 e. The number of carbonyl (C=O) groups is 1. The number of rotatable bonds is 5. The molecule has 0 saturated carbocycles. The van der Waals surface area contributed by atoms with Gasteiger partial charge in [-0.25, -0.2) is 4.98 Å². The van der Waals surface area contributed by atoms with Gasteiger partial charge in [0.1, 0.15) is 0 Å². The van der Waals surface area contributed by atoms with Crippen molar-refractivity contribution < 1.29 is 4.79 Å². The quantitative estimate of drug-likeness (QED) is 0.644. The lowest BCUT2D eigenvalue weighted by molar-refractivity contribution is -0.115. The predicted molar refractivity (Wildman–Crippen MR) is 102 cm³/mol. The number of nitrogens with zero attached hydrogens (tertiary/aromatic N) is 2. The Labute approximate surface area is 155 Å². The molecule has 1 amide bonds. The molecule has 0 aliphatic rings. The number of aromatic nitrogens is 3. The van der Waals surface area contributed by atoms with E-state index in [1.165, 1.54) is 11.8 Å². The molecule has 2 N–H and O–H groups in total. The van der Waals surface area contributed by atoms with Gasteiger partial charge in [-0.05, 0) is 49.7 Å². The number of para-hydroxylation sites is 1. The Hall–Kier alpha value is -2.31. The highest BCUT2D eigenvalue weighted by molar-refractivity contribution is 8.00. The molecule has 0 fully saturated rings. The number of H-pyrrole nitrogens is 1. The first-order chi connectivity index (χ1) is 12.0. The molecule has 0 aliphatic heterocycles. The zero-order valence-corrected chi connectivity index (χ0v) is 15.4. The van der Waals surface area contributed by atoms with Gasteiger partial charge in [-0.15, -0.1) is 5.10 Å². The Balaban J connectivity index is 1.65. The highest BCUT2D eigenvalue weighted by Gasteiger charge is 2.18. The number of nitrogens with one attached hydrogen (secondary N) is 2. The smallest absolute Gasteiger partial charge is 0.237 e. The molecular formula is C18H17ClN4OS. The van der Waals surface area contributed by atoms with E-state index in [1.54, 1.807) is 12.1 Å². The van der Waals surface area contributed by atoms with Gasteiger partial charge in [0.2, 0.25) is 11.1 Å². The third-order valence-electron chi connectivity index (χ3n) is 3.64. The summed E-state index contributed by atoms with van der Waals surface area (Å²) in [5, 5.41) is 10.9. The van der Waals surface area contributed by atoms with Crippen LogP contribution in [0, 0.1) is 6.92 Å². The van der Waals surface area contributed by atoms with Crippen molar-refractivity contribution in [2.45, 2.75) is 24.3 Å². The number of thioether (sulfide) groups is 1. The maximum absolute atomic E-state index is 12.4. The van der Waals surface area contributed by atoms with E-state index in [0.717, 1.165) is 16.8 Å². The minimum absolute atomic E-state index is 0.0860. The summed E-state index contributed by atoms with van der Waals surface area (Å²) in [6, 6.07) is 15.0. The number of hydrogen-bond donors (Lipinski definition) is 2. The van der Waals surface area contributed by atoms with Crippen LogP contribution in [0.5, 0.6) is 0 Å². The molecule has 1 heterocycles. The topological polar surface area (TPSA) is 70.7 Å². The fraction of sp³-hybridized carbons (Fsp3) is 0.167. The molecule has 3 aromatic rings. The van der Waals surface area contributed by atoms with E-state index in [-0.39, 0.29) is 11.2 Å². The first-order valence-electron chi connectivity index (χ1n) is 7.74. The summed E-state index contributed by atoms with van der Waals surface area (Å²) in [5.74, 6) is 0.558. The second kappa shape index (κ2) is 7.72. The van der Waals surface area contributed by atoms with Gasteiger partial charge in [-0.1, -0.05) is 41.6 Å². The summed E-state index contributed by atoms with van der Waals surface area (Å²) in [7, 11) is 0. The normalized spacial score (nSPS) is 12.0. The highest BCUT2D eigenvalue weighted by atomic mass is 35.5. The van der Waals surface area contributed by atoms with Crippen LogP contribution in [-0.4, -0.2) is 26.3 Å². The maximum atomic E-state index is 12.4. The molecule has 0 aliphatic carbocycles. The summed E-state index contributed by atoms with van der Waals surface area (Å²) in [5.41, 5.74) is 2.73. The molecule has 2 aromatic carbocycles. The standard InChI is InChI=1S/C18H17ClN4OS/c1-11-5-3-4-6-15(11)20-17(24)12(2)25-18-21-16(22-23-18)13-7-9-14(19)10-8-13/h3-10,12H,1-2H3,(H,20,24)(H,21,22,23). The van der Waals surface area contributed by atoms with E-state index in [9.17, 15) is 4.79 Å². The van der Waals surface area contributed by atoms with Crippen LogP contribution >= 0.6 is 23.4 Å². The summed E-state index contributed by atoms with van der Waals surface area (Å²) < 4.78 is 0. The van der Waals surface area contributed by atoms with Crippen molar-refractivity contribution in [1.29, 1.82) is 0 Å². The van der Waals surface area contributed by atoms with Crippen LogP contribution in [0.1, 0.15) is 12.5 Å². The van der Waals surface area contributed by atoms with Crippen molar-refractivity contribution in [2.75, 3.05) is 5.32 Å². The Kier molecular flexibility index (Phi) is 5.40. The number of halogens is 1. The molecule has 3 rings (SSSR count). The average molecular weight is 373 g/mol. The second-order valence-corrected chi connectivity index (χ2v) is 7.28. The van der Waals surface area contributed by atoms with Crippen LogP contribution in [0.3, 0.4) is 0 Å². The van der Waals surface area contributed by atoms with Crippen LogP contribution in [0.2, 0.25) is 5.02 Å². The van der Waals surface area contributed by atoms with Gasteiger partial charge >= 0.3 is 0 Å². The second-order valence-electron chi connectivity index (χ2n) is 5.54. The lowest BCUT2D eigenvalue weighted by Crippen LogP contribution is -2.22. The molecule has 128 valence electrons. The van der Waals surface area contributed by atoms with Crippen molar-refractivity contribution in [3.8, 4) is 11.4 Å². The summed E-state index contributed by atoms with van der Waals surface area (Å²) in [6.45, 7) is 3.79. The zero-order valence-electron chi connectivity index (χ0n) is 13.8. The van der Waals surface area contributed by atoms with Crippen LogP contribution in [0.25, 0.3) is 11.4 Å². The van der Waals surface area contributed by atoms with E-state index < -0.39 is 0 Å². The third kappa shape index (κ3) is 4.41. The molecule has 0 radical (unpaired) electrons. The van der Waals surface area contributed by atoms with Gasteiger partial charge < -0.3 is 5.32 Å². The molecule has 25 heavy (non-hydrogen) atoms. The number of aromatic amines is 1. The molecule has 5 nitrogen and oxygen atoms in total. The number of aryl methyl sites for hydroxylation is 1. The highest BCUT2D eigenvalue weighted by Crippen LogP contribution is 2.24. The van der Waals surface area contributed by atoms with Crippen LogP contribution in [0.15, 0.2) is 53.7 Å². The molecule has 7 heteroatoms. The molecule has 1 unspecified atom stereocenters. The Morgan fingerprint density at radius 1 is 1.20 bits per heavy atom. The van der Waals surface area contributed by atoms with Crippen LogP contribution in [-0.2, 0) is 4.79 Å². The lowest BCUT2D eigenvalue weighted by atomic mass is 10.2. The lowest BCUT2D eigenvalue weighted by Gasteiger charge is -2.11. The van der Waals surface area contributed by atoms with Gasteiger partial charge in [0.05, 0.1) is 5.25 Å². The van der Waals surface area contributed by atoms with Crippen LogP contribution in [0.4, 0.5) is 5.69 Å². The predicted octanol–water partition coefficient (Wildman–Crippen LogP) is 4.55. The van der Waals surface area contributed by atoms with Gasteiger partial charge in [-0.2, -0.15) is 0 Å². The Morgan fingerprint density at radius 2 is 1.92 bits per heavy atom. The van der Waals surface area contributed by atoms with Gasteiger partial charge in [-0.3, -0.25) is 9.89 Å². The van der Waals surface area contributed by atoms with Crippen LogP contribution < -0.4 is 5.32 Å². The summed E-state index contributed by atoms with van der Waals surface area (Å²) >= 11 is 7.19. The Morgan fingerprint density at radius 3 is 2.64 bits per heavy atom. The summed E-state index contributed by atoms with van der Waals surface area (Å²) in [6.07, 6.45) is 0. The SMILES string of the molecule is Cc1ccccc1NC(=O)C(C)Sc1n[nH]c(-c2ccc(Cl)cc2)n1. The molecule has 1 atom stereocenters. The van der Waals surface area contributed by atoms with Crippen molar-refractivity contribution in [3.63, 3.8) is 0 Å². The minimum atomic E-state index is -0.325. The van der Waals surface area contributed by atoms with Crippen molar-refractivity contribution in [1.82, 2.24) is 15.2 Å². The third-order valence-corrected chi connectivity index (χ3v) is 4.85. The van der Waals surface area contributed by atoms with Gasteiger partial charge in [0.15, 0.2) is 5.82 Å². The van der Waals surface area contributed by atoms with E-state index >= 15 is 0 Å². The number of carbonyl (C=O) groups excluding carboxylic acids is 1. The molecule has 0 bridgehead atoms. The van der Waals surface area contributed by atoms with E-state index in [2.05, 4.69) is 20.5 Å². The molecule has 0 spiro atoms. The summed E-state index contributed by atoms with van der Waals surface area (Å²) in [4.78, 5) is 16.8. The zero-order chi connectivity index (χ0) is 17.8. The van der Waals surface area contributed by atoms with Crippen molar-refractivity contribution >= 4 is 35.0 Å². The molecular weight excluding hydrogens is 356 g/mol. The number of anilines is 1. The molecule has 0 saturated heterocycles. The number of hydrogen-bond acceptors (Lipinski definition) is 4. The average Bonchev–Trinajstić information content (AvgIpc) is 3.06. The molecule has 1 aromatic heterocycles. The van der Waals surface area contributed by atoms with E-state index in [1.807, 2.05) is 50.2 Å². The minimum Gasteiger partial charge on any atom is -0.325 e. The fourth-order valence-electron chi connectivity index (χ4n) is 2.20. The van der Waals surface area contributed by atoms with Gasteiger partial charge in [0, 0.05) is 16.3 Å². The van der Waals surface area contributed by atoms with E-state index in [4.69, 9.17) is 11.6 Å². The maximum Gasteiger partial charge on any atom is 0.237 e. The van der Waals surface area contributed by atoms with Gasteiger partial charge in [0.25, 0.3) is 0 Å². The number of amides is 1.